The number of benzene rings is 1. The Balaban J connectivity index is 1.77. The summed E-state index contributed by atoms with van der Waals surface area (Å²) < 4.78 is 0.841. The maximum Gasteiger partial charge on any atom is 0.238 e. The number of amides is 1. The zero-order chi connectivity index (χ0) is 15.4. The minimum Gasteiger partial charge on any atom is -0.352 e. The molecule has 116 valence electrons. The van der Waals surface area contributed by atoms with Gasteiger partial charge in [-0.3, -0.25) is 4.79 Å². The number of thioether (sulfide) groups is 1. The fourth-order valence-electron chi connectivity index (χ4n) is 2.67. The lowest BCUT2D eigenvalue weighted by Crippen LogP contribution is -2.35. The van der Waals surface area contributed by atoms with E-state index in [2.05, 4.69) is 15.5 Å². The van der Waals surface area contributed by atoms with E-state index in [0.717, 1.165) is 27.8 Å². The highest BCUT2D eigenvalue weighted by molar-refractivity contribution is 8.01. The summed E-state index contributed by atoms with van der Waals surface area (Å²) in [6, 6.07) is 10.2. The maximum absolute atomic E-state index is 12.7. The Labute approximate surface area is 138 Å². The monoisotopic (exact) mass is 333 g/mol. The van der Waals surface area contributed by atoms with Gasteiger partial charge in [0.05, 0.1) is 0 Å². The van der Waals surface area contributed by atoms with Crippen LogP contribution in [0.15, 0.2) is 34.7 Å². The number of carbonyl (C=O) groups excluding carboxylic acids is 1. The highest BCUT2D eigenvalue weighted by Gasteiger charge is 2.26. The van der Waals surface area contributed by atoms with Gasteiger partial charge in [-0.1, -0.05) is 66.3 Å². The van der Waals surface area contributed by atoms with Crippen LogP contribution in [0.1, 0.15) is 41.5 Å². The number of hydrogen-bond donors (Lipinski definition) is 1. The largest absolute Gasteiger partial charge is 0.352 e. The molecule has 0 saturated heterocycles. The van der Waals surface area contributed by atoms with Crippen LogP contribution in [0.2, 0.25) is 0 Å². The summed E-state index contributed by atoms with van der Waals surface area (Å²) in [4.78, 5) is 12.7. The normalized spacial score (nSPS) is 16.6. The van der Waals surface area contributed by atoms with Crippen molar-refractivity contribution in [1.29, 1.82) is 0 Å². The van der Waals surface area contributed by atoms with Gasteiger partial charge in [0.2, 0.25) is 5.91 Å². The van der Waals surface area contributed by atoms with Crippen molar-refractivity contribution >= 4 is 29.0 Å². The summed E-state index contributed by atoms with van der Waals surface area (Å²) in [5, 5.41) is 12.0. The average Bonchev–Trinajstić information content (AvgIpc) is 3.17. The molecule has 1 saturated carbocycles. The van der Waals surface area contributed by atoms with Crippen molar-refractivity contribution in [2.75, 3.05) is 0 Å². The average molecular weight is 333 g/mol. The lowest BCUT2D eigenvalue weighted by Gasteiger charge is -2.19. The van der Waals surface area contributed by atoms with Gasteiger partial charge >= 0.3 is 0 Å². The van der Waals surface area contributed by atoms with E-state index in [1.54, 1.807) is 0 Å². The molecule has 1 heterocycles. The van der Waals surface area contributed by atoms with Crippen LogP contribution in [0, 0.1) is 6.92 Å². The second-order valence-corrected chi connectivity index (χ2v) is 8.02. The summed E-state index contributed by atoms with van der Waals surface area (Å²) in [7, 11) is 0. The number of nitrogens with one attached hydrogen (secondary N) is 1. The van der Waals surface area contributed by atoms with Crippen LogP contribution in [0.5, 0.6) is 0 Å². The van der Waals surface area contributed by atoms with E-state index < -0.39 is 0 Å². The molecule has 2 aromatic rings. The van der Waals surface area contributed by atoms with Crippen molar-refractivity contribution in [1.82, 2.24) is 15.5 Å². The van der Waals surface area contributed by atoms with E-state index in [-0.39, 0.29) is 11.2 Å². The molecular weight excluding hydrogens is 314 g/mol. The predicted molar refractivity (Wildman–Crippen MR) is 90.1 cm³/mol. The molecule has 0 spiro atoms. The lowest BCUT2D eigenvalue weighted by atomic mass is 10.1. The second kappa shape index (κ2) is 7.24. The highest BCUT2D eigenvalue weighted by atomic mass is 32.2. The predicted octanol–water partition coefficient (Wildman–Crippen LogP) is 3.74. The molecule has 1 atom stereocenters. The molecular formula is C16H19N3OS2. The van der Waals surface area contributed by atoms with Crippen molar-refractivity contribution < 1.29 is 4.79 Å². The Morgan fingerprint density at radius 2 is 2.00 bits per heavy atom. The van der Waals surface area contributed by atoms with E-state index in [1.807, 2.05) is 37.3 Å². The van der Waals surface area contributed by atoms with Gasteiger partial charge in [0.15, 0.2) is 4.34 Å². The molecule has 1 aromatic carbocycles. The van der Waals surface area contributed by atoms with Crippen LogP contribution in [-0.2, 0) is 4.79 Å². The molecule has 0 bridgehead atoms. The third kappa shape index (κ3) is 3.87. The third-order valence-electron chi connectivity index (χ3n) is 3.77. The summed E-state index contributed by atoms with van der Waals surface area (Å²) >= 11 is 3.02. The van der Waals surface area contributed by atoms with Crippen molar-refractivity contribution in [2.45, 2.75) is 48.2 Å². The van der Waals surface area contributed by atoms with E-state index in [1.165, 1.54) is 35.9 Å². The Hall–Kier alpha value is -1.40. The molecule has 1 fully saturated rings. The summed E-state index contributed by atoms with van der Waals surface area (Å²) in [6.45, 7) is 1.93. The zero-order valence-corrected chi connectivity index (χ0v) is 14.1. The molecule has 0 radical (unpaired) electrons. The molecule has 1 N–H and O–H groups in total. The summed E-state index contributed by atoms with van der Waals surface area (Å²) in [6.07, 6.45) is 4.61. The second-order valence-electron chi connectivity index (χ2n) is 5.49. The van der Waals surface area contributed by atoms with E-state index in [4.69, 9.17) is 0 Å². The van der Waals surface area contributed by atoms with Crippen LogP contribution in [-0.4, -0.2) is 22.1 Å². The Morgan fingerprint density at radius 1 is 1.27 bits per heavy atom. The molecule has 1 aliphatic carbocycles. The molecule has 3 rings (SSSR count). The first-order valence-corrected chi connectivity index (χ1v) is 9.24. The number of aromatic nitrogens is 2. The zero-order valence-electron chi connectivity index (χ0n) is 12.5. The summed E-state index contributed by atoms with van der Waals surface area (Å²) in [5.41, 5.74) is 1.01. The molecule has 1 amide bonds. The van der Waals surface area contributed by atoms with Crippen LogP contribution >= 0.6 is 23.1 Å². The van der Waals surface area contributed by atoms with E-state index >= 15 is 0 Å². The van der Waals surface area contributed by atoms with Gasteiger partial charge in [-0.25, -0.2) is 0 Å². The van der Waals surface area contributed by atoms with Crippen molar-refractivity contribution in [3.05, 3.63) is 40.9 Å². The molecule has 1 aliphatic rings. The van der Waals surface area contributed by atoms with Crippen molar-refractivity contribution in [3.63, 3.8) is 0 Å². The summed E-state index contributed by atoms with van der Waals surface area (Å²) in [5.74, 6) is 0.0796. The van der Waals surface area contributed by atoms with Crippen LogP contribution in [0.4, 0.5) is 0 Å². The van der Waals surface area contributed by atoms with E-state index in [9.17, 15) is 4.79 Å². The molecule has 6 heteroatoms. The van der Waals surface area contributed by atoms with Gasteiger partial charge in [0, 0.05) is 6.04 Å². The Morgan fingerprint density at radius 3 is 2.64 bits per heavy atom. The topological polar surface area (TPSA) is 54.9 Å². The number of aryl methyl sites for hydroxylation is 1. The van der Waals surface area contributed by atoms with Gasteiger partial charge in [-0.05, 0) is 25.3 Å². The maximum atomic E-state index is 12.7. The smallest absolute Gasteiger partial charge is 0.238 e. The highest BCUT2D eigenvalue weighted by Crippen LogP contribution is 2.37. The molecule has 22 heavy (non-hydrogen) atoms. The molecule has 1 aromatic heterocycles. The Kier molecular flexibility index (Phi) is 5.10. The third-order valence-corrected chi connectivity index (χ3v) is 5.95. The van der Waals surface area contributed by atoms with Crippen LogP contribution in [0.25, 0.3) is 0 Å². The number of rotatable bonds is 5. The van der Waals surface area contributed by atoms with E-state index in [0.29, 0.717) is 6.04 Å². The Bertz CT molecular complexity index is 623. The first kappa shape index (κ1) is 15.5. The fourth-order valence-corrected chi connectivity index (χ4v) is 4.69. The molecule has 4 nitrogen and oxygen atoms in total. The number of carbonyl (C=O) groups is 1. The minimum atomic E-state index is -0.269. The first-order valence-electron chi connectivity index (χ1n) is 7.54. The van der Waals surface area contributed by atoms with Crippen molar-refractivity contribution in [3.8, 4) is 0 Å². The van der Waals surface area contributed by atoms with Crippen LogP contribution in [0.3, 0.4) is 0 Å². The quantitative estimate of drug-likeness (QED) is 0.847. The van der Waals surface area contributed by atoms with Gasteiger partial charge in [0.25, 0.3) is 0 Å². The fraction of sp³-hybridized carbons (Fsp3) is 0.438. The van der Waals surface area contributed by atoms with Crippen molar-refractivity contribution in [2.24, 2.45) is 0 Å². The minimum absolute atomic E-state index is 0.0796. The lowest BCUT2D eigenvalue weighted by molar-refractivity contribution is -0.121. The van der Waals surface area contributed by atoms with Crippen LogP contribution < -0.4 is 5.32 Å². The van der Waals surface area contributed by atoms with Gasteiger partial charge in [0.1, 0.15) is 10.3 Å². The molecule has 0 aliphatic heterocycles. The standard InChI is InChI=1S/C16H19N3OS2/c1-11-18-19-16(21-11)22-14(12-7-3-2-4-8-12)15(20)17-13-9-5-6-10-13/h2-4,7-8,13-14H,5-6,9-10H2,1H3,(H,17,20)/t14-/m0/s1. The SMILES string of the molecule is Cc1nnc(S[C@H](C(=O)NC2CCCC2)c2ccccc2)s1. The number of nitrogens with zero attached hydrogens (tertiary/aromatic N) is 2. The number of hydrogen-bond acceptors (Lipinski definition) is 5. The van der Waals surface area contributed by atoms with Gasteiger partial charge in [-0.2, -0.15) is 0 Å². The van der Waals surface area contributed by atoms with Gasteiger partial charge in [-0.15, -0.1) is 10.2 Å². The van der Waals surface area contributed by atoms with Gasteiger partial charge < -0.3 is 5.32 Å². The molecule has 0 unspecified atom stereocenters. The first-order chi connectivity index (χ1) is 10.7.